The fourth-order valence-corrected chi connectivity index (χ4v) is 6.05. The molecule has 11 heteroatoms. The first kappa shape index (κ1) is 27.3. The van der Waals surface area contributed by atoms with E-state index in [0.717, 1.165) is 23.1 Å². The molecule has 0 spiro atoms. The molecular weight excluding hydrogens is 525 g/mol. The van der Waals surface area contributed by atoms with Gasteiger partial charge in [-0.2, -0.15) is 0 Å². The van der Waals surface area contributed by atoms with Crippen LogP contribution in [0.2, 0.25) is 0 Å². The van der Waals surface area contributed by atoms with Crippen molar-refractivity contribution in [2.45, 2.75) is 95.4 Å². The number of nitrogens with zero attached hydrogens (tertiary/aromatic N) is 3. The third kappa shape index (κ3) is 4.51. The summed E-state index contributed by atoms with van der Waals surface area (Å²) in [6.07, 6.45) is 0.661. The van der Waals surface area contributed by atoms with Gasteiger partial charge in [-0.05, 0) is 76.7 Å². The zero-order chi connectivity index (χ0) is 28.6. The van der Waals surface area contributed by atoms with Crippen molar-refractivity contribution in [3.05, 3.63) is 53.9 Å². The quantitative estimate of drug-likeness (QED) is 0.282. The Morgan fingerprint density at radius 1 is 0.925 bits per heavy atom. The number of amides is 1. The van der Waals surface area contributed by atoms with E-state index >= 15 is 0 Å². The maximum absolute atomic E-state index is 14.2. The van der Waals surface area contributed by atoms with Crippen LogP contribution in [-0.2, 0) is 14.1 Å². The molecule has 0 unspecified atom stereocenters. The molecule has 3 aromatic rings. The number of fused-ring (bicyclic) bond motifs is 1. The molecular formula is C29H32BF4N3O3. The first-order chi connectivity index (χ1) is 18.8. The molecule has 0 N–H and O–H groups in total. The van der Waals surface area contributed by atoms with Gasteiger partial charge in [0.1, 0.15) is 5.82 Å². The van der Waals surface area contributed by atoms with Gasteiger partial charge in [0, 0.05) is 37.1 Å². The third-order valence-electron chi connectivity index (χ3n) is 9.01. The van der Waals surface area contributed by atoms with Crippen LogP contribution in [0.25, 0.3) is 11.0 Å². The van der Waals surface area contributed by atoms with E-state index in [0.29, 0.717) is 17.8 Å². The number of carbonyl (C=O) groups excluding carboxylic acids is 1. The first-order valence-corrected chi connectivity index (χ1v) is 13.8. The van der Waals surface area contributed by atoms with Crippen molar-refractivity contribution in [2.24, 2.45) is 0 Å². The zero-order valence-electron chi connectivity index (χ0n) is 23.0. The van der Waals surface area contributed by atoms with Gasteiger partial charge in [0.15, 0.2) is 11.6 Å². The molecule has 1 atom stereocenters. The molecule has 1 saturated carbocycles. The highest BCUT2D eigenvalue weighted by atomic mass is 19.3. The molecule has 0 bridgehead atoms. The second-order valence-corrected chi connectivity index (χ2v) is 12.2. The molecule has 6 nitrogen and oxygen atoms in total. The average molecular weight is 557 g/mol. The van der Waals surface area contributed by atoms with Gasteiger partial charge in [-0.15, -0.1) is 0 Å². The van der Waals surface area contributed by atoms with Crippen LogP contribution in [0.1, 0.15) is 84.1 Å². The van der Waals surface area contributed by atoms with Crippen molar-refractivity contribution in [3.63, 3.8) is 0 Å². The number of benzene rings is 2. The second-order valence-electron chi connectivity index (χ2n) is 12.2. The molecule has 3 fully saturated rings. The highest BCUT2D eigenvalue weighted by Crippen LogP contribution is 2.44. The second kappa shape index (κ2) is 9.31. The normalized spacial score (nSPS) is 24.4. The molecule has 2 aromatic carbocycles. The maximum Gasteiger partial charge on any atom is 0.494 e. The SMILES string of the molecule is CC1(C)OB(c2ccc3c(c2)nc([C@@H]2CCC(=O)N2c2ccc(F)c(F)c2)n3C2CCC(F)(F)CC2)OC1(C)C. The average Bonchev–Trinajstić information content (AvgIpc) is 3.51. The molecule has 6 rings (SSSR count). The van der Waals surface area contributed by atoms with E-state index in [1.807, 2.05) is 50.5 Å². The Morgan fingerprint density at radius 3 is 2.25 bits per heavy atom. The molecule has 2 saturated heterocycles. The molecule has 3 heterocycles. The summed E-state index contributed by atoms with van der Waals surface area (Å²) in [6, 6.07) is 8.26. The first-order valence-electron chi connectivity index (χ1n) is 13.8. The Labute approximate surface area is 230 Å². The Hall–Kier alpha value is -2.92. The molecule has 1 aliphatic carbocycles. The summed E-state index contributed by atoms with van der Waals surface area (Å²) in [6.45, 7) is 7.89. The highest BCUT2D eigenvalue weighted by molar-refractivity contribution is 6.62. The summed E-state index contributed by atoms with van der Waals surface area (Å²) in [5.41, 5.74) is 1.34. The Morgan fingerprint density at radius 2 is 1.60 bits per heavy atom. The van der Waals surface area contributed by atoms with E-state index in [9.17, 15) is 22.4 Å². The number of anilines is 1. The number of rotatable bonds is 4. The van der Waals surface area contributed by atoms with Crippen LogP contribution in [0.4, 0.5) is 23.2 Å². The largest absolute Gasteiger partial charge is 0.494 e. The molecule has 212 valence electrons. The third-order valence-corrected chi connectivity index (χ3v) is 9.01. The van der Waals surface area contributed by atoms with E-state index in [4.69, 9.17) is 14.3 Å². The van der Waals surface area contributed by atoms with Crippen LogP contribution in [0.3, 0.4) is 0 Å². The lowest BCUT2D eigenvalue weighted by Crippen LogP contribution is -2.41. The molecule has 40 heavy (non-hydrogen) atoms. The minimum Gasteiger partial charge on any atom is -0.399 e. The Bertz CT molecular complexity index is 1460. The zero-order valence-corrected chi connectivity index (χ0v) is 23.0. The van der Waals surface area contributed by atoms with E-state index in [1.54, 1.807) is 0 Å². The number of carbonyl (C=O) groups is 1. The highest BCUT2D eigenvalue weighted by Gasteiger charge is 2.52. The van der Waals surface area contributed by atoms with Gasteiger partial charge in [0.05, 0.1) is 28.3 Å². The van der Waals surface area contributed by atoms with E-state index < -0.39 is 41.9 Å². The van der Waals surface area contributed by atoms with Crippen LogP contribution >= 0.6 is 0 Å². The van der Waals surface area contributed by atoms with Gasteiger partial charge in [0.25, 0.3) is 0 Å². The lowest BCUT2D eigenvalue weighted by molar-refractivity contribution is -0.117. The summed E-state index contributed by atoms with van der Waals surface area (Å²) in [5.74, 6) is -4.45. The number of aromatic nitrogens is 2. The summed E-state index contributed by atoms with van der Waals surface area (Å²) in [5, 5.41) is 0. The minimum absolute atomic E-state index is 0.203. The van der Waals surface area contributed by atoms with Crippen LogP contribution in [0, 0.1) is 11.6 Å². The van der Waals surface area contributed by atoms with Crippen LogP contribution in [0.15, 0.2) is 36.4 Å². The van der Waals surface area contributed by atoms with Gasteiger partial charge in [-0.1, -0.05) is 6.07 Å². The van der Waals surface area contributed by atoms with Crippen molar-refractivity contribution in [1.29, 1.82) is 0 Å². The Balaban J connectivity index is 1.45. The van der Waals surface area contributed by atoms with Gasteiger partial charge in [0.2, 0.25) is 11.8 Å². The van der Waals surface area contributed by atoms with Crippen LogP contribution in [-0.4, -0.2) is 39.7 Å². The van der Waals surface area contributed by atoms with Crippen molar-refractivity contribution >= 4 is 35.2 Å². The molecule has 1 aromatic heterocycles. The Kier molecular flexibility index (Phi) is 6.34. The van der Waals surface area contributed by atoms with Crippen molar-refractivity contribution in [1.82, 2.24) is 9.55 Å². The number of alkyl halides is 2. The fraction of sp³-hybridized carbons (Fsp3) is 0.517. The fourth-order valence-electron chi connectivity index (χ4n) is 6.05. The molecule has 1 amide bonds. The number of hydrogen-bond acceptors (Lipinski definition) is 4. The summed E-state index contributed by atoms with van der Waals surface area (Å²) >= 11 is 0. The van der Waals surface area contributed by atoms with E-state index in [1.165, 1.54) is 11.0 Å². The van der Waals surface area contributed by atoms with Gasteiger partial charge >= 0.3 is 7.12 Å². The minimum atomic E-state index is -2.71. The van der Waals surface area contributed by atoms with Crippen molar-refractivity contribution in [2.75, 3.05) is 4.90 Å². The predicted molar refractivity (Wildman–Crippen MR) is 144 cm³/mol. The number of imidazole rings is 1. The van der Waals surface area contributed by atoms with Gasteiger partial charge < -0.3 is 18.8 Å². The van der Waals surface area contributed by atoms with Crippen molar-refractivity contribution in [3.8, 4) is 0 Å². The number of hydrogen-bond donors (Lipinski definition) is 0. The van der Waals surface area contributed by atoms with E-state index in [2.05, 4.69) is 0 Å². The lowest BCUT2D eigenvalue weighted by Gasteiger charge is -2.32. The van der Waals surface area contributed by atoms with Crippen LogP contribution in [0.5, 0.6) is 0 Å². The topological polar surface area (TPSA) is 56.6 Å². The molecule has 3 aliphatic rings. The standard InChI is InChI=1S/C29H32BF4N3O3/c1-27(2)28(3,4)40-30(39-27)17-5-8-23-22(15-17)35-26(37(23)18-11-13-29(33,34)14-12-18)24-9-10-25(38)36(24)19-6-7-20(31)21(32)16-19/h5-8,15-16,18,24H,9-14H2,1-4H3/t24-/m0/s1. The van der Waals surface area contributed by atoms with Crippen molar-refractivity contribution < 1.29 is 31.7 Å². The van der Waals surface area contributed by atoms with Gasteiger partial charge in [-0.3, -0.25) is 4.79 Å². The summed E-state index contributed by atoms with van der Waals surface area (Å²) < 4.78 is 70.5. The smallest absolute Gasteiger partial charge is 0.399 e. The summed E-state index contributed by atoms with van der Waals surface area (Å²) in [7, 11) is -0.608. The predicted octanol–water partition coefficient (Wildman–Crippen LogP) is 6.23. The lowest BCUT2D eigenvalue weighted by atomic mass is 9.79. The molecule has 0 radical (unpaired) electrons. The van der Waals surface area contributed by atoms with Crippen LogP contribution < -0.4 is 10.4 Å². The number of halogens is 4. The van der Waals surface area contributed by atoms with E-state index in [-0.39, 0.29) is 49.7 Å². The summed E-state index contributed by atoms with van der Waals surface area (Å²) in [4.78, 5) is 19.4. The molecule has 2 aliphatic heterocycles. The van der Waals surface area contributed by atoms with Gasteiger partial charge in [-0.25, -0.2) is 22.5 Å². The maximum atomic E-state index is 14.2. The monoisotopic (exact) mass is 557 g/mol.